The number of anilines is 1. The average Bonchev–Trinajstić information content (AvgIpc) is 3.55. The third-order valence-electron chi connectivity index (χ3n) is 7.47. The van der Waals surface area contributed by atoms with Crippen LogP contribution >= 0.6 is 11.3 Å². The van der Waals surface area contributed by atoms with Gasteiger partial charge in [-0.1, -0.05) is 24.3 Å². The maximum atomic E-state index is 13.0. The van der Waals surface area contributed by atoms with Gasteiger partial charge in [-0.3, -0.25) is 4.98 Å². The number of methoxy groups -OCH3 is 2. The number of nitrogens with zero attached hydrogens (tertiary/aromatic N) is 4. The molecule has 0 aliphatic heterocycles. The molecule has 0 amide bonds. The Balaban J connectivity index is 1.25. The summed E-state index contributed by atoms with van der Waals surface area (Å²) in [6.45, 7) is 0.394. The van der Waals surface area contributed by atoms with Gasteiger partial charge in [-0.15, -0.1) is 11.3 Å². The van der Waals surface area contributed by atoms with Crippen LogP contribution in [0.3, 0.4) is 0 Å². The van der Waals surface area contributed by atoms with Gasteiger partial charge < -0.3 is 29.9 Å². The number of thiophene rings is 1. The molecular weight excluding hydrogens is 571 g/mol. The van der Waals surface area contributed by atoms with E-state index < -0.39 is 18.7 Å². The van der Waals surface area contributed by atoms with E-state index >= 15 is 0 Å². The average molecular weight is 604 g/mol. The molecule has 3 aromatic heterocycles. The van der Waals surface area contributed by atoms with Gasteiger partial charge in [0, 0.05) is 36.3 Å². The zero-order chi connectivity index (χ0) is 30.0. The molecule has 0 saturated heterocycles. The number of likely N-dealkylation sites (N-methyl/N-ethyl adjacent to an activating group) is 1. The van der Waals surface area contributed by atoms with Gasteiger partial charge in [-0.25, -0.2) is 0 Å². The number of hydrogen-bond donors (Lipinski definition) is 3. The molecule has 9 nitrogen and oxygen atoms in total. The first-order valence-corrected chi connectivity index (χ1v) is 14.2. The van der Waals surface area contributed by atoms with Gasteiger partial charge in [-0.2, -0.15) is 23.1 Å². The molecule has 1 fully saturated rings. The van der Waals surface area contributed by atoms with E-state index in [4.69, 9.17) is 9.47 Å². The standard InChI is InChI=1S/C29H32F3N5O4S/c1-37(26-21-11-20(12-29(30,31)32)42-27(21)36-28(35-26)41-3)23-9-19(10-24(23)39)33-13-16-4-6-17(7-5-16)18-8-25(40-2)22(15-38)34-14-18/h4-8,11,14,19,23-24,33,38-39H,9-10,12-13,15H2,1-3H3/t19-,23+,24-/m1/s1. The van der Waals surface area contributed by atoms with Gasteiger partial charge >= 0.3 is 12.2 Å². The molecule has 4 aromatic rings. The van der Waals surface area contributed by atoms with E-state index in [1.54, 1.807) is 20.4 Å². The summed E-state index contributed by atoms with van der Waals surface area (Å²) in [4.78, 5) is 15.3. The third kappa shape index (κ3) is 6.59. The summed E-state index contributed by atoms with van der Waals surface area (Å²) in [5, 5.41) is 24.4. The molecule has 0 bridgehead atoms. The zero-order valence-electron chi connectivity index (χ0n) is 23.4. The number of fused-ring (bicyclic) bond motifs is 1. The first-order valence-electron chi connectivity index (χ1n) is 13.4. The summed E-state index contributed by atoms with van der Waals surface area (Å²) in [5.41, 5.74) is 3.38. The van der Waals surface area contributed by atoms with E-state index in [2.05, 4.69) is 20.3 Å². The van der Waals surface area contributed by atoms with Crippen molar-refractivity contribution in [2.75, 3.05) is 26.2 Å². The van der Waals surface area contributed by atoms with Crippen molar-refractivity contribution in [1.29, 1.82) is 0 Å². The predicted molar refractivity (Wildman–Crippen MR) is 154 cm³/mol. The van der Waals surface area contributed by atoms with Crippen LogP contribution in [0.5, 0.6) is 11.8 Å². The van der Waals surface area contributed by atoms with Crippen LogP contribution in [0, 0.1) is 0 Å². The first kappa shape index (κ1) is 30.0. The van der Waals surface area contributed by atoms with Gasteiger partial charge in [-0.05, 0) is 36.1 Å². The summed E-state index contributed by atoms with van der Waals surface area (Å²) in [6, 6.07) is 11.1. The summed E-state index contributed by atoms with van der Waals surface area (Å²) in [5.74, 6) is 0.960. The van der Waals surface area contributed by atoms with E-state index in [1.165, 1.54) is 13.2 Å². The van der Waals surface area contributed by atoms with Crippen molar-refractivity contribution >= 4 is 27.4 Å². The zero-order valence-corrected chi connectivity index (χ0v) is 24.2. The van der Waals surface area contributed by atoms with E-state index in [0.29, 0.717) is 46.9 Å². The fourth-order valence-corrected chi connectivity index (χ4v) is 6.36. The smallest absolute Gasteiger partial charge is 0.393 e. The maximum Gasteiger partial charge on any atom is 0.393 e. The van der Waals surface area contributed by atoms with Gasteiger partial charge in [0.25, 0.3) is 0 Å². The lowest BCUT2D eigenvalue weighted by atomic mass is 10.0. The highest BCUT2D eigenvalue weighted by atomic mass is 32.1. The van der Waals surface area contributed by atoms with E-state index in [-0.39, 0.29) is 29.6 Å². The van der Waals surface area contributed by atoms with Crippen LogP contribution in [0.25, 0.3) is 21.3 Å². The van der Waals surface area contributed by atoms with Gasteiger partial charge in [0.05, 0.1) is 44.8 Å². The highest BCUT2D eigenvalue weighted by Crippen LogP contribution is 2.37. The lowest BCUT2D eigenvalue weighted by Gasteiger charge is -2.28. The van der Waals surface area contributed by atoms with Crippen LogP contribution in [0.4, 0.5) is 19.0 Å². The van der Waals surface area contributed by atoms with Crippen LogP contribution in [0.1, 0.15) is 29.0 Å². The predicted octanol–water partition coefficient (Wildman–Crippen LogP) is 4.49. The Morgan fingerprint density at radius 3 is 2.50 bits per heavy atom. The number of ether oxygens (including phenoxy) is 2. The monoisotopic (exact) mass is 603 g/mol. The number of halogens is 3. The number of rotatable bonds is 10. The summed E-state index contributed by atoms with van der Waals surface area (Å²) in [6.07, 6.45) is -3.20. The number of aromatic nitrogens is 3. The van der Waals surface area contributed by atoms with Crippen molar-refractivity contribution in [3.63, 3.8) is 0 Å². The van der Waals surface area contributed by atoms with Crippen LogP contribution < -0.4 is 19.7 Å². The van der Waals surface area contributed by atoms with E-state index in [9.17, 15) is 23.4 Å². The fourth-order valence-electron chi connectivity index (χ4n) is 5.32. The lowest BCUT2D eigenvalue weighted by molar-refractivity contribution is -0.126. The second-order valence-corrected chi connectivity index (χ2v) is 11.4. The SMILES string of the molecule is COc1nc(N(C)[C@H]2C[C@@H](NCc3ccc(-c4cnc(CO)c(OC)c4)cc3)C[C@H]2O)c2cc(CC(F)(F)F)sc2n1. The van der Waals surface area contributed by atoms with Gasteiger partial charge in [0.1, 0.15) is 22.1 Å². The molecule has 0 spiro atoms. The van der Waals surface area contributed by atoms with E-state index in [0.717, 1.165) is 28.0 Å². The molecule has 1 saturated carbocycles. The molecule has 3 atom stereocenters. The molecular formula is C29H32F3N5O4S. The van der Waals surface area contributed by atoms with Crippen molar-refractivity contribution in [2.24, 2.45) is 0 Å². The lowest BCUT2D eigenvalue weighted by Crippen LogP contribution is -2.38. The molecule has 1 aromatic carbocycles. The largest absolute Gasteiger partial charge is 0.495 e. The molecule has 3 N–H and O–H groups in total. The Morgan fingerprint density at radius 1 is 1.07 bits per heavy atom. The van der Waals surface area contributed by atoms with Gasteiger partial charge in [0.2, 0.25) is 0 Å². The maximum absolute atomic E-state index is 13.0. The number of aliphatic hydroxyl groups is 2. The second kappa shape index (κ2) is 12.4. The fraction of sp³-hybridized carbons (Fsp3) is 0.414. The summed E-state index contributed by atoms with van der Waals surface area (Å²) in [7, 11) is 4.74. The number of aliphatic hydroxyl groups excluding tert-OH is 2. The highest BCUT2D eigenvalue weighted by molar-refractivity contribution is 7.18. The Kier molecular flexibility index (Phi) is 8.83. The van der Waals surface area contributed by atoms with Crippen molar-refractivity contribution in [3.8, 4) is 22.9 Å². The molecule has 0 radical (unpaired) electrons. The number of benzene rings is 1. The van der Waals surface area contributed by atoms with Gasteiger partial charge in [0.15, 0.2) is 0 Å². The van der Waals surface area contributed by atoms with Crippen molar-refractivity contribution in [2.45, 2.75) is 56.8 Å². The van der Waals surface area contributed by atoms with Crippen LogP contribution in [0.15, 0.2) is 42.6 Å². The topological polar surface area (TPSA) is 113 Å². The number of pyridine rings is 1. The normalized spacial score (nSPS) is 18.9. The molecule has 1 aliphatic rings. The number of nitrogens with one attached hydrogen (secondary N) is 1. The molecule has 224 valence electrons. The molecule has 1 aliphatic carbocycles. The Hall–Kier alpha value is -3.52. The van der Waals surface area contributed by atoms with Crippen LogP contribution in [-0.2, 0) is 19.6 Å². The third-order valence-corrected chi connectivity index (χ3v) is 8.50. The number of hydrogen-bond acceptors (Lipinski definition) is 10. The molecule has 0 unspecified atom stereocenters. The highest BCUT2D eigenvalue weighted by Gasteiger charge is 2.37. The minimum atomic E-state index is -4.33. The van der Waals surface area contributed by atoms with E-state index in [1.807, 2.05) is 35.2 Å². The minimum Gasteiger partial charge on any atom is -0.495 e. The Morgan fingerprint density at radius 2 is 1.83 bits per heavy atom. The second-order valence-electron chi connectivity index (χ2n) is 10.3. The molecule has 3 heterocycles. The Bertz CT molecular complexity index is 1530. The van der Waals surface area contributed by atoms with Crippen LogP contribution in [-0.4, -0.2) is 70.8 Å². The van der Waals surface area contributed by atoms with Crippen LogP contribution in [0.2, 0.25) is 0 Å². The molecule has 13 heteroatoms. The molecule has 5 rings (SSSR count). The first-order chi connectivity index (χ1) is 20.1. The van der Waals surface area contributed by atoms with Crippen molar-refractivity contribution in [1.82, 2.24) is 20.3 Å². The van der Waals surface area contributed by atoms with Crippen molar-refractivity contribution < 1.29 is 32.9 Å². The summed E-state index contributed by atoms with van der Waals surface area (Å²) < 4.78 is 49.7. The Labute approximate surface area is 245 Å². The summed E-state index contributed by atoms with van der Waals surface area (Å²) >= 11 is 0.965. The quantitative estimate of drug-likeness (QED) is 0.241. The number of alkyl halides is 3. The molecule has 42 heavy (non-hydrogen) atoms. The van der Waals surface area contributed by atoms with Crippen molar-refractivity contribution in [3.05, 3.63) is 58.7 Å². The minimum absolute atomic E-state index is 0.0223.